The van der Waals surface area contributed by atoms with Crippen LogP contribution in [0.1, 0.15) is 19.5 Å². The number of carbonyl (C=O) groups excluding carboxylic acids is 1. The van der Waals surface area contributed by atoms with Crippen LogP contribution in [0.3, 0.4) is 0 Å². The molecule has 2 aromatic rings. The molecule has 0 aromatic carbocycles. The molecule has 2 rings (SSSR count). The minimum Gasteiger partial charge on any atom is -0.355 e. The molecule has 7 heteroatoms. The third-order valence-corrected chi connectivity index (χ3v) is 3.13. The number of aryl methyl sites for hydroxylation is 2. The van der Waals surface area contributed by atoms with E-state index in [4.69, 9.17) is 12.2 Å². The van der Waals surface area contributed by atoms with Gasteiger partial charge in [0.1, 0.15) is 12.1 Å². The van der Waals surface area contributed by atoms with Gasteiger partial charge in [-0.3, -0.25) is 9.36 Å². The van der Waals surface area contributed by atoms with Crippen molar-refractivity contribution in [2.45, 2.75) is 33.9 Å². The van der Waals surface area contributed by atoms with Crippen LogP contribution in [0.25, 0.3) is 11.2 Å². The first-order valence-corrected chi connectivity index (χ1v) is 6.41. The molecule has 1 amide bonds. The SMILES string of the molecule is CCNC(=O)Cn1c(=S)[nH]c2c(C)nn(CC)c21. The lowest BCUT2D eigenvalue weighted by molar-refractivity contribution is -0.121. The summed E-state index contributed by atoms with van der Waals surface area (Å²) in [7, 11) is 0. The van der Waals surface area contributed by atoms with E-state index >= 15 is 0 Å². The number of nitrogens with zero attached hydrogens (tertiary/aromatic N) is 3. The molecule has 2 aromatic heterocycles. The van der Waals surface area contributed by atoms with Crippen LogP contribution < -0.4 is 5.32 Å². The third kappa shape index (κ3) is 2.05. The fourth-order valence-corrected chi connectivity index (χ4v) is 2.28. The van der Waals surface area contributed by atoms with Crippen LogP contribution in [-0.2, 0) is 17.9 Å². The third-order valence-electron chi connectivity index (χ3n) is 2.81. The Hall–Kier alpha value is -1.63. The van der Waals surface area contributed by atoms with Crippen molar-refractivity contribution in [3.8, 4) is 0 Å². The van der Waals surface area contributed by atoms with Crippen molar-refractivity contribution in [2.75, 3.05) is 6.54 Å². The fraction of sp³-hybridized carbons (Fsp3) is 0.545. The summed E-state index contributed by atoms with van der Waals surface area (Å²) in [5.41, 5.74) is 2.69. The Labute approximate surface area is 110 Å². The molecule has 18 heavy (non-hydrogen) atoms. The number of H-pyrrole nitrogens is 1. The van der Waals surface area contributed by atoms with E-state index in [1.54, 1.807) is 4.57 Å². The van der Waals surface area contributed by atoms with Crippen molar-refractivity contribution in [3.63, 3.8) is 0 Å². The summed E-state index contributed by atoms with van der Waals surface area (Å²) >= 11 is 5.26. The number of fused-ring (bicyclic) bond motifs is 1. The molecule has 0 atom stereocenters. The minimum absolute atomic E-state index is 0.0454. The maximum absolute atomic E-state index is 11.7. The predicted molar refractivity (Wildman–Crippen MR) is 72.0 cm³/mol. The predicted octanol–water partition coefficient (Wildman–Crippen LogP) is 1.36. The van der Waals surface area contributed by atoms with Gasteiger partial charge in [0.25, 0.3) is 0 Å². The average molecular weight is 267 g/mol. The molecular formula is C11H17N5OS. The van der Waals surface area contributed by atoms with E-state index in [9.17, 15) is 4.79 Å². The summed E-state index contributed by atoms with van der Waals surface area (Å²) in [5, 5.41) is 7.18. The normalized spacial score (nSPS) is 11.1. The van der Waals surface area contributed by atoms with Gasteiger partial charge in [0.05, 0.1) is 5.69 Å². The highest BCUT2D eigenvalue weighted by Crippen LogP contribution is 2.17. The fourth-order valence-electron chi connectivity index (χ4n) is 2.02. The maximum atomic E-state index is 11.7. The van der Waals surface area contributed by atoms with Crippen LogP contribution in [0, 0.1) is 11.7 Å². The summed E-state index contributed by atoms with van der Waals surface area (Å²) in [5.74, 6) is -0.0454. The average Bonchev–Trinajstić information content (AvgIpc) is 2.79. The van der Waals surface area contributed by atoms with Crippen LogP contribution >= 0.6 is 12.2 Å². The van der Waals surface area contributed by atoms with Crippen molar-refractivity contribution in [3.05, 3.63) is 10.5 Å². The summed E-state index contributed by atoms with van der Waals surface area (Å²) in [6, 6.07) is 0. The molecule has 0 saturated carbocycles. The molecule has 2 heterocycles. The number of imidazole rings is 1. The van der Waals surface area contributed by atoms with Gasteiger partial charge in [0.2, 0.25) is 5.91 Å². The number of likely N-dealkylation sites (N-methyl/N-ethyl adjacent to an activating group) is 1. The lowest BCUT2D eigenvalue weighted by Gasteiger charge is -2.06. The van der Waals surface area contributed by atoms with Crippen molar-refractivity contribution >= 4 is 29.3 Å². The Balaban J connectivity index is 2.52. The molecule has 0 spiro atoms. The molecule has 0 unspecified atom stereocenters. The first-order valence-electron chi connectivity index (χ1n) is 6.01. The number of amides is 1. The molecule has 6 nitrogen and oxygen atoms in total. The van der Waals surface area contributed by atoms with Crippen molar-refractivity contribution in [1.29, 1.82) is 0 Å². The van der Waals surface area contributed by atoms with Crippen LogP contribution in [0.2, 0.25) is 0 Å². The van der Waals surface area contributed by atoms with E-state index in [1.165, 1.54) is 0 Å². The second-order valence-corrected chi connectivity index (χ2v) is 4.46. The Morgan fingerprint density at radius 2 is 2.22 bits per heavy atom. The van der Waals surface area contributed by atoms with Gasteiger partial charge in [-0.2, -0.15) is 5.10 Å². The Morgan fingerprint density at radius 3 is 2.83 bits per heavy atom. The highest BCUT2D eigenvalue weighted by molar-refractivity contribution is 7.71. The van der Waals surface area contributed by atoms with Crippen molar-refractivity contribution in [2.24, 2.45) is 0 Å². The Kier molecular flexibility index (Phi) is 3.51. The summed E-state index contributed by atoms with van der Waals surface area (Å²) in [4.78, 5) is 14.8. The monoisotopic (exact) mass is 267 g/mol. The zero-order chi connectivity index (χ0) is 13.3. The van der Waals surface area contributed by atoms with Crippen LogP contribution in [0.5, 0.6) is 0 Å². The number of nitrogens with one attached hydrogen (secondary N) is 2. The summed E-state index contributed by atoms with van der Waals surface area (Å²) in [6.07, 6.45) is 0. The highest BCUT2D eigenvalue weighted by Gasteiger charge is 2.15. The van der Waals surface area contributed by atoms with E-state index in [1.807, 2.05) is 25.5 Å². The molecule has 0 aliphatic heterocycles. The van der Waals surface area contributed by atoms with Crippen LogP contribution in [-0.4, -0.2) is 31.8 Å². The second-order valence-electron chi connectivity index (χ2n) is 4.07. The molecule has 0 aliphatic rings. The van der Waals surface area contributed by atoms with Gasteiger partial charge in [0, 0.05) is 13.1 Å². The van der Waals surface area contributed by atoms with Crippen molar-refractivity contribution < 1.29 is 4.79 Å². The molecule has 98 valence electrons. The molecule has 0 radical (unpaired) electrons. The zero-order valence-electron chi connectivity index (χ0n) is 10.8. The van der Waals surface area contributed by atoms with Gasteiger partial charge in [-0.05, 0) is 33.0 Å². The highest BCUT2D eigenvalue weighted by atomic mass is 32.1. The van der Waals surface area contributed by atoms with E-state index in [-0.39, 0.29) is 12.5 Å². The van der Waals surface area contributed by atoms with Crippen molar-refractivity contribution in [1.82, 2.24) is 24.6 Å². The number of carbonyl (C=O) groups is 1. The molecule has 0 fully saturated rings. The molecule has 0 saturated heterocycles. The van der Waals surface area contributed by atoms with E-state index in [0.717, 1.165) is 23.4 Å². The van der Waals surface area contributed by atoms with Crippen LogP contribution in [0.15, 0.2) is 0 Å². The summed E-state index contributed by atoms with van der Waals surface area (Å²) in [6.45, 7) is 7.41. The van der Waals surface area contributed by atoms with Crippen LogP contribution in [0.4, 0.5) is 0 Å². The lowest BCUT2D eigenvalue weighted by atomic mass is 10.4. The maximum Gasteiger partial charge on any atom is 0.240 e. The summed E-state index contributed by atoms with van der Waals surface area (Å²) < 4.78 is 4.20. The largest absolute Gasteiger partial charge is 0.355 e. The minimum atomic E-state index is -0.0454. The van der Waals surface area contributed by atoms with E-state index in [0.29, 0.717) is 11.3 Å². The quantitative estimate of drug-likeness (QED) is 0.822. The molecular weight excluding hydrogens is 250 g/mol. The standard InChI is InChI=1S/C11H17N5OS/c1-4-12-8(17)6-15-10-9(13-11(15)18)7(3)14-16(10)5-2/h4-6H2,1-3H3,(H,12,17)(H,13,18). The number of hydrogen-bond acceptors (Lipinski definition) is 3. The van der Waals surface area contributed by atoms with E-state index < -0.39 is 0 Å². The van der Waals surface area contributed by atoms with Gasteiger partial charge in [-0.25, -0.2) is 4.68 Å². The zero-order valence-corrected chi connectivity index (χ0v) is 11.6. The number of rotatable bonds is 4. The molecule has 0 aliphatic carbocycles. The van der Waals surface area contributed by atoms with E-state index in [2.05, 4.69) is 15.4 Å². The van der Waals surface area contributed by atoms with Gasteiger partial charge >= 0.3 is 0 Å². The number of aromatic nitrogens is 4. The smallest absolute Gasteiger partial charge is 0.240 e. The first-order chi connectivity index (χ1) is 8.58. The molecule has 0 bridgehead atoms. The van der Waals surface area contributed by atoms with Gasteiger partial charge in [-0.1, -0.05) is 0 Å². The van der Waals surface area contributed by atoms with Gasteiger partial charge in [-0.15, -0.1) is 0 Å². The Morgan fingerprint density at radius 1 is 1.50 bits per heavy atom. The number of hydrogen-bond donors (Lipinski definition) is 2. The number of aromatic amines is 1. The topological polar surface area (TPSA) is 67.6 Å². The second kappa shape index (κ2) is 4.93. The first kappa shape index (κ1) is 12.8. The molecule has 2 N–H and O–H groups in total. The Bertz CT molecular complexity index is 636. The van der Waals surface area contributed by atoms with Gasteiger partial charge < -0.3 is 10.3 Å². The van der Waals surface area contributed by atoms with Gasteiger partial charge in [0.15, 0.2) is 10.4 Å². The lowest BCUT2D eigenvalue weighted by Crippen LogP contribution is -2.27.